The lowest BCUT2D eigenvalue weighted by molar-refractivity contribution is -0.120. The number of piperidine rings is 1. The van der Waals surface area contributed by atoms with E-state index in [4.69, 9.17) is 11.6 Å². The smallest absolute Gasteiger partial charge is 0.229 e. The van der Waals surface area contributed by atoms with Crippen LogP contribution in [0.2, 0.25) is 5.02 Å². The van der Waals surface area contributed by atoms with Crippen LogP contribution in [0.25, 0.3) is 0 Å². The summed E-state index contributed by atoms with van der Waals surface area (Å²) in [6.45, 7) is 2.99. The van der Waals surface area contributed by atoms with E-state index >= 15 is 0 Å². The Labute approximate surface area is 156 Å². The Bertz CT molecular complexity index is 694. The maximum Gasteiger partial charge on any atom is 0.229 e. The first-order chi connectivity index (χ1) is 11.1. The molecule has 8 heteroatoms. The van der Waals surface area contributed by atoms with Crippen molar-refractivity contribution in [3.05, 3.63) is 39.9 Å². The topological polar surface area (TPSA) is 66.9 Å². The number of carbonyl (C=O) groups excluding carboxylic acids is 1. The van der Waals surface area contributed by atoms with Crippen molar-refractivity contribution in [1.29, 1.82) is 0 Å². The quantitative estimate of drug-likeness (QED) is 0.842. The first kappa shape index (κ1) is 19.1. The second kappa shape index (κ2) is 8.76. The van der Waals surface area contributed by atoms with E-state index < -0.39 is 0 Å². The van der Waals surface area contributed by atoms with Gasteiger partial charge in [0.2, 0.25) is 11.0 Å². The van der Waals surface area contributed by atoms with Crippen molar-refractivity contribution in [2.45, 2.75) is 32.2 Å². The van der Waals surface area contributed by atoms with E-state index in [1.54, 1.807) is 0 Å². The predicted molar refractivity (Wildman–Crippen MR) is 100 cm³/mol. The van der Waals surface area contributed by atoms with E-state index in [9.17, 15) is 4.79 Å². The molecule has 2 N–H and O–H groups in total. The average Bonchev–Trinajstić information content (AvgIpc) is 2.94. The summed E-state index contributed by atoms with van der Waals surface area (Å²) in [5, 5.41) is 16.6. The molecule has 1 aromatic carbocycles. The van der Waals surface area contributed by atoms with Crippen LogP contribution >= 0.6 is 35.3 Å². The molecule has 0 saturated carbocycles. The highest BCUT2D eigenvalue weighted by atomic mass is 35.5. The second-order valence-electron chi connectivity index (χ2n) is 5.87. The molecule has 0 spiro atoms. The van der Waals surface area contributed by atoms with Crippen molar-refractivity contribution in [2.24, 2.45) is 5.92 Å². The highest BCUT2D eigenvalue weighted by molar-refractivity contribution is 7.15. The van der Waals surface area contributed by atoms with E-state index in [1.165, 1.54) is 11.3 Å². The van der Waals surface area contributed by atoms with Crippen LogP contribution in [0.1, 0.15) is 30.3 Å². The SMILES string of the molecule is C[C@H]1C[C@@H](C(=O)Nc2nnc(Cc3cccc(Cl)c3)s2)CCN1.Cl. The Hall–Kier alpha value is -1.21. The van der Waals surface area contributed by atoms with E-state index in [2.05, 4.69) is 27.8 Å². The highest BCUT2D eigenvalue weighted by Crippen LogP contribution is 2.23. The molecule has 1 amide bonds. The maximum absolute atomic E-state index is 12.3. The highest BCUT2D eigenvalue weighted by Gasteiger charge is 2.25. The zero-order chi connectivity index (χ0) is 16.2. The lowest BCUT2D eigenvalue weighted by Crippen LogP contribution is -2.40. The Kier molecular flexibility index (Phi) is 6.98. The molecule has 0 aliphatic carbocycles. The van der Waals surface area contributed by atoms with Crippen molar-refractivity contribution in [3.8, 4) is 0 Å². The largest absolute Gasteiger partial charge is 0.314 e. The van der Waals surface area contributed by atoms with Gasteiger partial charge in [-0.3, -0.25) is 4.79 Å². The average molecular weight is 387 g/mol. The van der Waals surface area contributed by atoms with Crippen LogP contribution in [-0.4, -0.2) is 28.7 Å². The molecular formula is C16H20Cl2N4OS. The van der Waals surface area contributed by atoms with Gasteiger partial charge in [0.25, 0.3) is 0 Å². The molecule has 0 bridgehead atoms. The molecule has 130 valence electrons. The second-order valence-corrected chi connectivity index (χ2v) is 7.37. The first-order valence-corrected chi connectivity index (χ1v) is 8.90. The molecule has 2 atom stereocenters. The monoisotopic (exact) mass is 386 g/mol. The Morgan fingerprint density at radius 3 is 3.04 bits per heavy atom. The molecule has 3 rings (SSSR count). The van der Waals surface area contributed by atoms with Crippen LogP contribution in [0.3, 0.4) is 0 Å². The Morgan fingerprint density at radius 2 is 2.29 bits per heavy atom. The van der Waals surface area contributed by atoms with Crippen LogP contribution in [-0.2, 0) is 11.2 Å². The van der Waals surface area contributed by atoms with E-state index in [-0.39, 0.29) is 24.2 Å². The molecule has 2 aromatic rings. The van der Waals surface area contributed by atoms with Gasteiger partial charge in [0.15, 0.2) is 0 Å². The number of nitrogens with zero attached hydrogens (tertiary/aromatic N) is 2. The van der Waals surface area contributed by atoms with Gasteiger partial charge < -0.3 is 10.6 Å². The number of halogens is 2. The number of rotatable bonds is 4. The van der Waals surface area contributed by atoms with Crippen LogP contribution in [0, 0.1) is 5.92 Å². The van der Waals surface area contributed by atoms with Gasteiger partial charge in [-0.05, 0) is 44.0 Å². The third-order valence-electron chi connectivity index (χ3n) is 3.94. The molecule has 1 saturated heterocycles. The third-order valence-corrected chi connectivity index (χ3v) is 5.01. The lowest BCUT2D eigenvalue weighted by atomic mass is 9.93. The number of carbonyl (C=O) groups is 1. The van der Waals surface area contributed by atoms with Gasteiger partial charge in [-0.1, -0.05) is 35.1 Å². The normalized spacial score (nSPS) is 20.2. The predicted octanol–water partition coefficient (Wildman–Crippen LogP) is 3.53. The number of nitrogens with one attached hydrogen (secondary N) is 2. The van der Waals surface area contributed by atoms with Crippen molar-refractivity contribution in [1.82, 2.24) is 15.5 Å². The zero-order valence-electron chi connectivity index (χ0n) is 13.3. The number of hydrogen-bond acceptors (Lipinski definition) is 5. The summed E-state index contributed by atoms with van der Waals surface area (Å²) in [4.78, 5) is 12.3. The van der Waals surface area contributed by atoms with Gasteiger partial charge in [-0.2, -0.15) is 0 Å². The lowest BCUT2D eigenvalue weighted by Gasteiger charge is -2.26. The minimum absolute atomic E-state index is 0. The summed E-state index contributed by atoms with van der Waals surface area (Å²) < 4.78 is 0. The summed E-state index contributed by atoms with van der Waals surface area (Å²) in [5.74, 6) is 0.0929. The van der Waals surface area contributed by atoms with E-state index in [0.29, 0.717) is 22.6 Å². The van der Waals surface area contributed by atoms with Crippen molar-refractivity contribution < 1.29 is 4.79 Å². The summed E-state index contributed by atoms with van der Waals surface area (Å²) in [6.07, 6.45) is 2.39. The van der Waals surface area contributed by atoms with Gasteiger partial charge in [-0.15, -0.1) is 22.6 Å². The van der Waals surface area contributed by atoms with Gasteiger partial charge >= 0.3 is 0 Å². The molecule has 0 radical (unpaired) electrons. The fourth-order valence-electron chi connectivity index (χ4n) is 2.77. The molecule has 0 unspecified atom stereocenters. The standard InChI is InChI=1S/C16H19ClN4OS.ClH/c1-10-7-12(5-6-18-10)15(22)19-16-21-20-14(23-16)9-11-3-2-4-13(17)8-11;/h2-4,8,10,12,18H,5-7,9H2,1H3,(H,19,21,22);1H/t10-,12-;/m0./s1. The minimum Gasteiger partial charge on any atom is -0.314 e. The van der Waals surface area contributed by atoms with Crippen LogP contribution < -0.4 is 10.6 Å². The van der Waals surface area contributed by atoms with E-state index in [0.717, 1.165) is 30.0 Å². The molecule has 1 fully saturated rings. The maximum atomic E-state index is 12.3. The molecule has 2 heterocycles. The van der Waals surface area contributed by atoms with Crippen LogP contribution in [0.5, 0.6) is 0 Å². The van der Waals surface area contributed by atoms with Gasteiger partial charge in [-0.25, -0.2) is 0 Å². The fraction of sp³-hybridized carbons (Fsp3) is 0.438. The molecule has 5 nitrogen and oxygen atoms in total. The van der Waals surface area contributed by atoms with Crippen LogP contribution in [0.15, 0.2) is 24.3 Å². The van der Waals surface area contributed by atoms with E-state index in [1.807, 2.05) is 24.3 Å². The first-order valence-electron chi connectivity index (χ1n) is 7.71. The zero-order valence-corrected chi connectivity index (χ0v) is 15.7. The third kappa shape index (κ3) is 5.14. The number of amides is 1. The van der Waals surface area contributed by atoms with Gasteiger partial charge in [0, 0.05) is 23.4 Å². The summed E-state index contributed by atoms with van der Waals surface area (Å²) in [5.41, 5.74) is 1.08. The van der Waals surface area contributed by atoms with Gasteiger partial charge in [0.1, 0.15) is 5.01 Å². The Balaban J connectivity index is 0.00000208. The molecule has 1 aliphatic rings. The van der Waals surface area contributed by atoms with Crippen LogP contribution in [0.4, 0.5) is 5.13 Å². The molecule has 24 heavy (non-hydrogen) atoms. The van der Waals surface area contributed by atoms with Crippen molar-refractivity contribution in [2.75, 3.05) is 11.9 Å². The fourth-order valence-corrected chi connectivity index (χ4v) is 3.76. The molecular weight excluding hydrogens is 367 g/mol. The molecule has 1 aliphatic heterocycles. The van der Waals surface area contributed by atoms with Crippen molar-refractivity contribution in [3.63, 3.8) is 0 Å². The number of aromatic nitrogens is 2. The van der Waals surface area contributed by atoms with Gasteiger partial charge in [0.05, 0.1) is 0 Å². The summed E-state index contributed by atoms with van der Waals surface area (Å²) >= 11 is 7.40. The Morgan fingerprint density at radius 1 is 1.46 bits per heavy atom. The number of anilines is 1. The summed E-state index contributed by atoms with van der Waals surface area (Å²) in [6, 6.07) is 8.06. The van der Waals surface area contributed by atoms with Crippen molar-refractivity contribution >= 4 is 46.4 Å². The minimum atomic E-state index is 0. The summed E-state index contributed by atoms with van der Waals surface area (Å²) in [7, 11) is 0. The number of benzene rings is 1. The molecule has 1 aromatic heterocycles. The number of hydrogen-bond donors (Lipinski definition) is 2.